The van der Waals surface area contributed by atoms with Gasteiger partial charge in [-0.25, -0.2) is 0 Å². The molecule has 1 fully saturated rings. The Morgan fingerprint density at radius 3 is 2.65 bits per heavy atom. The first-order chi connectivity index (χ1) is 8.34. The van der Waals surface area contributed by atoms with Crippen molar-refractivity contribution in [3.8, 4) is 0 Å². The normalized spacial score (nSPS) is 17.2. The Morgan fingerprint density at radius 1 is 1.06 bits per heavy atom. The van der Waals surface area contributed by atoms with Gasteiger partial charge in [-0.1, -0.05) is 57.1 Å². The molecule has 0 aromatic heterocycles. The highest BCUT2D eigenvalue weighted by atomic mass is 14.5. The Balaban J connectivity index is 1.62. The van der Waals surface area contributed by atoms with Gasteiger partial charge in [-0.3, -0.25) is 0 Å². The third-order valence-electron chi connectivity index (χ3n) is 4.00. The Hall–Kier alpha value is -0.980. The van der Waals surface area contributed by atoms with Crippen LogP contribution in [0.1, 0.15) is 56.9 Å². The summed E-state index contributed by atoms with van der Waals surface area (Å²) in [5.41, 5.74) is 8.07. The molecule has 0 amide bonds. The molecule has 0 spiro atoms. The number of unbranched alkanes of at least 4 members (excludes halogenated alkanes) is 1. The van der Waals surface area contributed by atoms with Crippen molar-refractivity contribution in [1.82, 2.24) is 0 Å². The minimum atomic E-state index is 0.898. The van der Waals surface area contributed by atoms with Crippen molar-refractivity contribution in [3.05, 3.63) is 29.8 Å². The van der Waals surface area contributed by atoms with Crippen LogP contribution in [0.25, 0.3) is 0 Å². The zero-order valence-electron chi connectivity index (χ0n) is 10.8. The van der Waals surface area contributed by atoms with Crippen molar-refractivity contribution in [1.29, 1.82) is 0 Å². The van der Waals surface area contributed by atoms with Crippen molar-refractivity contribution in [3.63, 3.8) is 0 Å². The number of nitrogen functional groups attached to an aromatic ring is 1. The van der Waals surface area contributed by atoms with Crippen LogP contribution in [-0.2, 0) is 6.42 Å². The van der Waals surface area contributed by atoms with Gasteiger partial charge in [-0.2, -0.15) is 0 Å². The fourth-order valence-electron chi connectivity index (χ4n) is 2.99. The Morgan fingerprint density at radius 2 is 1.88 bits per heavy atom. The van der Waals surface area contributed by atoms with E-state index in [1.807, 2.05) is 6.07 Å². The van der Waals surface area contributed by atoms with Crippen LogP contribution in [0.2, 0.25) is 0 Å². The number of benzene rings is 1. The first kappa shape index (κ1) is 12.5. The fraction of sp³-hybridized carbons (Fsp3) is 0.625. The van der Waals surface area contributed by atoms with Gasteiger partial charge in [0.25, 0.3) is 0 Å². The Bertz CT molecular complexity index is 326. The van der Waals surface area contributed by atoms with Crippen LogP contribution in [0.5, 0.6) is 0 Å². The van der Waals surface area contributed by atoms with Gasteiger partial charge in [0.15, 0.2) is 0 Å². The molecule has 0 unspecified atom stereocenters. The van der Waals surface area contributed by atoms with Gasteiger partial charge in [0.05, 0.1) is 0 Å². The first-order valence-electron chi connectivity index (χ1n) is 7.19. The molecule has 94 valence electrons. The van der Waals surface area contributed by atoms with Crippen molar-refractivity contribution in [2.24, 2.45) is 5.92 Å². The van der Waals surface area contributed by atoms with Crippen LogP contribution in [0.4, 0.5) is 5.69 Å². The predicted octanol–water partition coefficient (Wildman–Crippen LogP) is 4.56. The SMILES string of the molecule is Nc1cccc(CCCCC2CCCCC2)c1. The van der Waals surface area contributed by atoms with Gasteiger partial charge < -0.3 is 5.73 Å². The average Bonchev–Trinajstić information content (AvgIpc) is 2.36. The molecule has 2 N–H and O–H groups in total. The largest absolute Gasteiger partial charge is 0.399 e. The lowest BCUT2D eigenvalue weighted by Gasteiger charge is -2.21. The summed E-state index contributed by atoms with van der Waals surface area (Å²) in [6.45, 7) is 0. The molecule has 1 aliphatic carbocycles. The van der Waals surface area contributed by atoms with Gasteiger partial charge in [0.2, 0.25) is 0 Å². The van der Waals surface area contributed by atoms with E-state index in [9.17, 15) is 0 Å². The molecule has 1 saturated carbocycles. The minimum Gasteiger partial charge on any atom is -0.399 e. The van der Waals surface area contributed by atoms with E-state index < -0.39 is 0 Å². The second-order valence-electron chi connectivity index (χ2n) is 5.49. The summed E-state index contributed by atoms with van der Waals surface area (Å²) in [5, 5.41) is 0. The lowest BCUT2D eigenvalue weighted by atomic mass is 9.85. The monoisotopic (exact) mass is 231 g/mol. The van der Waals surface area contributed by atoms with E-state index in [1.54, 1.807) is 0 Å². The van der Waals surface area contributed by atoms with Crippen LogP contribution in [0, 0.1) is 5.92 Å². The van der Waals surface area contributed by atoms with E-state index in [0.717, 1.165) is 11.6 Å². The van der Waals surface area contributed by atoms with Crippen LogP contribution in [-0.4, -0.2) is 0 Å². The number of nitrogens with two attached hydrogens (primary N) is 1. The summed E-state index contributed by atoms with van der Waals surface area (Å²) in [6.07, 6.45) is 12.7. The highest BCUT2D eigenvalue weighted by molar-refractivity contribution is 5.40. The van der Waals surface area contributed by atoms with Crippen LogP contribution >= 0.6 is 0 Å². The van der Waals surface area contributed by atoms with E-state index >= 15 is 0 Å². The summed E-state index contributed by atoms with van der Waals surface area (Å²) in [5.74, 6) is 1.03. The minimum absolute atomic E-state index is 0.898. The molecular weight excluding hydrogens is 206 g/mol. The molecule has 0 aliphatic heterocycles. The fourth-order valence-corrected chi connectivity index (χ4v) is 2.99. The molecule has 0 bridgehead atoms. The summed E-state index contributed by atoms with van der Waals surface area (Å²) in [4.78, 5) is 0. The molecule has 0 saturated heterocycles. The highest BCUT2D eigenvalue weighted by Gasteiger charge is 2.12. The van der Waals surface area contributed by atoms with Crippen LogP contribution in [0.3, 0.4) is 0 Å². The van der Waals surface area contributed by atoms with Gasteiger partial charge in [0.1, 0.15) is 0 Å². The smallest absolute Gasteiger partial charge is 0.0316 e. The maximum atomic E-state index is 5.78. The number of hydrogen-bond acceptors (Lipinski definition) is 1. The lowest BCUT2D eigenvalue weighted by Crippen LogP contribution is -2.05. The standard InChI is InChI=1S/C16H25N/c17-16-12-6-11-15(13-16)10-5-4-9-14-7-2-1-3-8-14/h6,11-14H,1-5,7-10,17H2. The molecule has 1 nitrogen and oxygen atoms in total. The number of rotatable bonds is 5. The Labute approximate surface area is 105 Å². The van der Waals surface area contributed by atoms with Crippen molar-refractivity contribution >= 4 is 5.69 Å². The van der Waals surface area contributed by atoms with Crippen LogP contribution < -0.4 is 5.73 Å². The van der Waals surface area contributed by atoms with Crippen LogP contribution in [0.15, 0.2) is 24.3 Å². The molecule has 0 radical (unpaired) electrons. The molecule has 1 heteroatoms. The third kappa shape index (κ3) is 4.41. The van der Waals surface area contributed by atoms with E-state index in [4.69, 9.17) is 5.73 Å². The topological polar surface area (TPSA) is 26.0 Å². The first-order valence-corrected chi connectivity index (χ1v) is 7.19. The molecule has 1 aromatic carbocycles. The highest BCUT2D eigenvalue weighted by Crippen LogP contribution is 2.27. The maximum absolute atomic E-state index is 5.78. The number of hydrogen-bond donors (Lipinski definition) is 1. The third-order valence-corrected chi connectivity index (χ3v) is 4.00. The number of aryl methyl sites for hydroxylation is 1. The van der Waals surface area contributed by atoms with Gasteiger partial charge in [-0.15, -0.1) is 0 Å². The summed E-state index contributed by atoms with van der Waals surface area (Å²) in [6, 6.07) is 8.33. The molecule has 17 heavy (non-hydrogen) atoms. The zero-order valence-corrected chi connectivity index (χ0v) is 10.8. The molecule has 0 heterocycles. The van der Waals surface area contributed by atoms with Gasteiger partial charge in [0, 0.05) is 5.69 Å². The molecule has 0 atom stereocenters. The van der Waals surface area contributed by atoms with E-state index in [-0.39, 0.29) is 0 Å². The average molecular weight is 231 g/mol. The van der Waals surface area contributed by atoms with E-state index in [1.165, 1.54) is 63.4 Å². The van der Waals surface area contributed by atoms with Crippen molar-refractivity contribution in [2.75, 3.05) is 5.73 Å². The molecule has 1 aliphatic rings. The quantitative estimate of drug-likeness (QED) is 0.583. The lowest BCUT2D eigenvalue weighted by molar-refractivity contribution is 0.330. The second kappa shape index (κ2) is 6.68. The van der Waals surface area contributed by atoms with Crippen molar-refractivity contribution < 1.29 is 0 Å². The zero-order chi connectivity index (χ0) is 11.9. The summed E-state index contributed by atoms with van der Waals surface area (Å²) >= 11 is 0. The molecule has 2 rings (SSSR count). The molecular formula is C16H25N. The maximum Gasteiger partial charge on any atom is 0.0316 e. The number of anilines is 1. The second-order valence-corrected chi connectivity index (χ2v) is 5.49. The van der Waals surface area contributed by atoms with Gasteiger partial charge in [-0.05, 0) is 36.5 Å². The van der Waals surface area contributed by atoms with Crippen molar-refractivity contribution in [2.45, 2.75) is 57.8 Å². The summed E-state index contributed by atoms with van der Waals surface area (Å²) in [7, 11) is 0. The van der Waals surface area contributed by atoms with E-state index in [2.05, 4.69) is 18.2 Å². The molecule has 1 aromatic rings. The van der Waals surface area contributed by atoms with E-state index in [0.29, 0.717) is 0 Å². The predicted molar refractivity (Wildman–Crippen MR) is 75.0 cm³/mol. The Kier molecular flexibility index (Phi) is 4.90. The van der Waals surface area contributed by atoms with Gasteiger partial charge >= 0.3 is 0 Å². The summed E-state index contributed by atoms with van der Waals surface area (Å²) < 4.78 is 0.